The van der Waals surface area contributed by atoms with Gasteiger partial charge in [-0.1, -0.05) is 23.2 Å². The highest BCUT2D eigenvalue weighted by molar-refractivity contribution is 6.36. The van der Waals surface area contributed by atoms with Gasteiger partial charge in [-0.3, -0.25) is 4.90 Å². The Hall–Kier alpha value is 0.240. The molecule has 76 valence electrons. The molecule has 0 saturated carbocycles. The average molecular weight is 223 g/mol. The Morgan fingerprint density at radius 3 is 2.77 bits per heavy atom. The topological polar surface area (TPSA) is 6.48 Å². The standard InChI is InChI=1S/C9H16Cl2N2/c1-8-6-13(4-3-12(8)2)7-9(11)5-10/h5,8H,3-4,6-7H2,1-2H3/b9-5-. The Balaban J connectivity index is 2.37. The molecular formula is C9H16Cl2N2. The summed E-state index contributed by atoms with van der Waals surface area (Å²) in [6, 6.07) is 0.605. The molecule has 0 aromatic rings. The molecule has 0 aliphatic carbocycles. The van der Waals surface area contributed by atoms with Crippen LogP contribution in [0.25, 0.3) is 0 Å². The Morgan fingerprint density at radius 2 is 2.23 bits per heavy atom. The molecule has 1 atom stereocenters. The number of likely N-dealkylation sites (N-methyl/N-ethyl adjacent to an activating group) is 1. The lowest BCUT2D eigenvalue weighted by Crippen LogP contribution is -2.50. The second-order valence-electron chi connectivity index (χ2n) is 3.62. The molecule has 2 nitrogen and oxygen atoms in total. The van der Waals surface area contributed by atoms with Crippen LogP contribution in [0, 0.1) is 0 Å². The summed E-state index contributed by atoms with van der Waals surface area (Å²) in [6.07, 6.45) is 0. The van der Waals surface area contributed by atoms with E-state index in [0.29, 0.717) is 6.04 Å². The fraction of sp³-hybridized carbons (Fsp3) is 0.778. The van der Waals surface area contributed by atoms with Crippen LogP contribution in [0.3, 0.4) is 0 Å². The maximum Gasteiger partial charge on any atom is 0.0434 e. The zero-order chi connectivity index (χ0) is 9.84. The number of rotatable bonds is 2. The summed E-state index contributed by atoms with van der Waals surface area (Å²) < 4.78 is 0. The first-order valence-corrected chi connectivity index (χ1v) is 5.32. The largest absolute Gasteiger partial charge is 0.301 e. The Bertz CT molecular complexity index is 194. The molecule has 1 saturated heterocycles. The molecule has 1 fully saturated rings. The Kier molecular flexibility index (Phi) is 4.53. The normalized spacial score (nSPS) is 28.0. The van der Waals surface area contributed by atoms with Gasteiger partial charge in [0.25, 0.3) is 0 Å². The van der Waals surface area contributed by atoms with E-state index in [2.05, 4.69) is 23.8 Å². The highest BCUT2D eigenvalue weighted by atomic mass is 35.5. The van der Waals surface area contributed by atoms with Crippen molar-refractivity contribution < 1.29 is 0 Å². The molecule has 0 aromatic carbocycles. The number of hydrogen-bond donors (Lipinski definition) is 0. The molecule has 13 heavy (non-hydrogen) atoms. The first kappa shape index (κ1) is 11.3. The van der Waals surface area contributed by atoms with E-state index in [1.54, 1.807) is 0 Å². The Morgan fingerprint density at radius 1 is 1.54 bits per heavy atom. The van der Waals surface area contributed by atoms with Crippen LogP contribution >= 0.6 is 23.2 Å². The molecule has 1 rings (SSSR count). The molecule has 0 N–H and O–H groups in total. The van der Waals surface area contributed by atoms with Crippen molar-refractivity contribution in [3.63, 3.8) is 0 Å². The maximum atomic E-state index is 5.86. The second kappa shape index (κ2) is 5.20. The average Bonchev–Trinajstić information content (AvgIpc) is 2.11. The van der Waals surface area contributed by atoms with Gasteiger partial charge in [0, 0.05) is 42.8 Å². The van der Waals surface area contributed by atoms with Gasteiger partial charge in [-0.25, -0.2) is 0 Å². The van der Waals surface area contributed by atoms with Gasteiger partial charge >= 0.3 is 0 Å². The molecule has 0 bridgehead atoms. The van der Waals surface area contributed by atoms with Crippen LogP contribution in [0.2, 0.25) is 0 Å². The van der Waals surface area contributed by atoms with Crippen molar-refractivity contribution in [2.24, 2.45) is 0 Å². The number of halogens is 2. The van der Waals surface area contributed by atoms with Crippen molar-refractivity contribution >= 4 is 23.2 Å². The van der Waals surface area contributed by atoms with Crippen molar-refractivity contribution in [1.82, 2.24) is 9.80 Å². The van der Waals surface area contributed by atoms with E-state index in [-0.39, 0.29) is 0 Å². The van der Waals surface area contributed by atoms with E-state index in [0.717, 1.165) is 31.2 Å². The van der Waals surface area contributed by atoms with Crippen molar-refractivity contribution in [2.75, 3.05) is 33.2 Å². The minimum atomic E-state index is 0.605. The lowest BCUT2D eigenvalue weighted by atomic mass is 10.2. The summed E-state index contributed by atoms with van der Waals surface area (Å²) in [5.41, 5.74) is 1.45. The monoisotopic (exact) mass is 222 g/mol. The van der Waals surface area contributed by atoms with E-state index in [4.69, 9.17) is 23.2 Å². The third-order valence-electron chi connectivity index (χ3n) is 2.54. The van der Waals surface area contributed by atoms with E-state index in [1.807, 2.05) is 0 Å². The molecule has 0 aromatic heterocycles. The van der Waals surface area contributed by atoms with Gasteiger partial charge in [0.15, 0.2) is 0 Å². The zero-order valence-electron chi connectivity index (χ0n) is 8.13. The molecule has 0 spiro atoms. The van der Waals surface area contributed by atoms with Gasteiger partial charge in [0.2, 0.25) is 0 Å². The fourth-order valence-corrected chi connectivity index (χ4v) is 1.75. The maximum absolute atomic E-state index is 5.86. The lowest BCUT2D eigenvalue weighted by Gasteiger charge is -2.37. The van der Waals surface area contributed by atoms with Gasteiger partial charge in [0.1, 0.15) is 0 Å². The van der Waals surface area contributed by atoms with Gasteiger partial charge in [-0.2, -0.15) is 0 Å². The van der Waals surface area contributed by atoms with Crippen LogP contribution in [0.4, 0.5) is 0 Å². The number of hydrogen-bond acceptors (Lipinski definition) is 2. The third-order valence-corrected chi connectivity index (χ3v) is 3.14. The molecular weight excluding hydrogens is 207 g/mol. The zero-order valence-corrected chi connectivity index (χ0v) is 9.65. The third kappa shape index (κ3) is 3.47. The van der Waals surface area contributed by atoms with Crippen molar-refractivity contribution in [3.05, 3.63) is 10.6 Å². The first-order chi connectivity index (χ1) is 6.13. The number of piperazine rings is 1. The van der Waals surface area contributed by atoms with Gasteiger partial charge < -0.3 is 4.90 Å². The van der Waals surface area contributed by atoms with E-state index >= 15 is 0 Å². The summed E-state index contributed by atoms with van der Waals surface area (Å²) in [5, 5.41) is 0.721. The summed E-state index contributed by atoms with van der Waals surface area (Å²) in [6.45, 7) is 6.25. The SMILES string of the molecule is CC1CN(C/C(Cl)=C/Cl)CCN1C. The molecule has 1 aliphatic rings. The van der Waals surface area contributed by atoms with Crippen LogP contribution in [0.1, 0.15) is 6.92 Å². The summed E-state index contributed by atoms with van der Waals surface area (Å²) >= 11 is 11.4. The molecule has 1 heterocycles. The second-order valence-corrected chi connectivity index (χ2v) is 4.32. The van der Waals surface area contributed by atoms with Gasteiger partial charge in [0.05, 0.1) is 0 Å². The van der Waals surface area contributed by atoms with Crippen LogP contribution in [-0.4, -0.2) is 49.1 Å². The minimum Gasteiger partial charge on any atom is -0.301 e. The number of nitrogens with zero attached hydrogens (tertiary/aromatic N) is 2. The van der Waals surface area contributed by atoms with Crippen molar-refractivity contribution in [1.29, 1.82) is 0 Å². The predicted octanol–water partition coefficient (Wildman–Crippen LogP) is 1.94. The highest BCUT2D eigenvalue weighted by Gasteiger charge is 2.20. The quantitative estimate of drug-likeness (QED) is 0.705. The van der Waals surface area contributed by atoms with Crippen molar-refractivity contribution in [3.8, 4) is 0 Å². The highest BCUT2D eigenvalue weighted by Crippen LogP contribution is 2.11. The molecule has 1 unspecified atom stereocenters. The Labute approximate surface area is 90.1 Å². The van der Waals surface area contributed by atoms with E-state index in [1.165, 1.54) is 5.54 Å². The molecule has 0 amide bonds. The summed E-state index contributed by atoms with van der Waals surface area (Å²) in [4.78, 5) is 4.68. The first-order valence-electron chi connectivity index (χ1n) is 4.51. The smallest absolute Gasteiger partial charge is 0.0434 e. The lowest BCUT2D eigenvalue weighted by molar-refractivity contribution is 0.114. The van der Waals surface area contributed by atoms with Crippen LogP contribution in [0.5, 0.6) is 0 Å². The van der Waals surface area contributed by atoms with Crippen LogP contribution < -0.4 is 0 Å². The van der Waals surface area contributed by atoms with Crippen LogP contribution in [0.15, 0.2) is 10.6 Å². The minimum absolute atomic E-state index is 0.605. The fourth-order valence-electron chi connectivity index (χ4n) is 1.52. The van der Waals surface area contributed by atoms with Crippen LogP contribution in [-0.2, 0) is 0 Å². The van der Waals surface area contributed by atoms with Crippen molar-refractivity contribution in [2.45, 2.75) is 13.0 Å². The summed E-state index contributed by atoms with van der Waals surface area (Å²) in [5.74, 6) is 0. The van der Waals surface area contributed by atoms with E-state index < -0.39 is 0 Å². The van der Waals surface area contributed by atoms with Gasteiger partial charge in [-0.15, -0.1) is 0 Å². The molecule has 4 heteroatoms. The summed E-state index contributed by atoms with van der Waals surface area (Å²) in [7, 11) is 2.15. The molecule has 1 aliphatic heterocycles. The molecule has 0 radical (unpaired) electrons. The van der Waals surface area contributed by atoms with E-state index in [9.17, 15) is 0 Å². The predicted molar refractivity (Wildman–Crippen MR) is 58.3 cm³/mol. The van der Waals surface area contributed by atoms with Gasteiger partial charge in [-0.05, 0) is 14.0 Å².